The third kappa shape index (κ3) is 3.28. The highest BCUT2D eigenvalue weighted by Gasteiger charge is 2.32. The summed E-state index contributed by atoms with van der Waals surface area (Å²) >= 11 is 0. The summed E-state index contributed by atoms with van der Waals surface area (Å²) in [5.41, 5.74) is -0.0974. The third-order valence-electron chi connectivity index (χ3n) is 2.39. The largest absolute Gasteiger partial charge is 0.419 e. The zero-order valence-electron chi connectivity index (χ0n) is 10.1. The van der Waals surface area contributed by atoms with Gasteiger partial charge in [-0.2, -0.15) is 18.3 Å². The van der Waals surface area contributed by atoms with Gasteiger partial charge in [0.05, 0.1) is 29.8 Å². The summed E-state index contributed by atoms with van der Waals surface area (Å²) in [5.74, 6) is 0.246. The van der Waals surface area contributed by atoms with E-state index in [4.69, 9.17) is 0 Å². The Morgan fingerprint density at radius 2 is 2.00 bits per heavy atom. The van der Waals surface area contributed by atoms with Crippen molar-refractivity contribution >= 4 is 0 Å². The van der Waals surface area contributed by atoms with Gasteiger partial charge in [-0.3, -0.25) is 4.98 Å². The second-order valence-corrected chi connectivity index (χ2v) is 3.82. The molecule has 0 atom stereocenters. The summed E-state index contributed by atoms with van der Waals surface area (Å²) in [4.78, 5) is 8.12. The zero-order valence-corrected chi connectivity index (χ0v) is 10.1. The maximum absolute atomic E-state index is 12.4. The standard InChI is InChI=1S/C11H12F3N5/c1-2-15-4-9-5-17-10(6-16-9)19-7-8(3-18-19)11(12,13)14/h3,5-7,15H,2,4H2,1H3. The Kier molecular flexibility index (Phi) is 3.79. The van der Waals surface area contributed by atoms with Gasteiger partial charge in [-0.15, -0.1) is 0 Å². The van der Waals surface area contributed by atoms with Crippen LogP contribution in [-0.4, -0.2) is 26.3 Å². The minimum Gasteiger partial charge on any atom is -0.311 e. The van der Waals surface area contributed by atoms with E-state index in [0.29, 0.717) is 12.2 Å². The molecule has 0 aliphatic carbocycles. The van der Waals surface area contributed by atoms with Crippen LogP contribution in [0.1, 0.15) is 18.2 Å². The number of aromatic nitrogens is 4. The summed E-state index contributed by atoms with van der Waals surface area (Å²) < 4.78 is 38.3. The van der Waals surface area contributed by atoms with Crippen LogP contribution in [0.25, 0.3) is 5.82 Å². The fourth-order valence-corrected chi connectivity index (χ4v) is 1.41. The maximum Gasteiger partial charge on any atom is 0.419 e. The molecule has 8 heteroatoms. The Morgan fingerprint density at radius 1 is 1.21 bits per heavy atom. The van der Waals surface area contributed by atoms with Crippen LogP contribution in [0.15, 0.2) is 24.8 Å². The molecule has 0 radical (unpaired) electrons. The van der Waals surface area contributed by atoms with Crippen molar-refractivity contribution in [2.75, 3.05) is 6.54 Å². The second kappa shape index (κ2) is 5.35. The summed E-state index contributed by atoms with van der Waals surface area (Å²) in [7, 11) is 0. The number of alkyl halides is 3. The molecular formula is C11H12F3N5. The Balaban J connectivity index is 2.16. The number of rotatable bonds is 4. The molecule has 0 amide bonds. The van der Waals surface area contributed by atoms with Gasteiger partial charge in [0.1, 0.15) is 0 Å². The molecule has 0 spiro atoms. The Hall–Kier alpha value is -1.96. The van der Waals surface area contributed by atoms with Gasteiger partial charge >= 0.3 is 6.18 Å². The number of nitrogens with one attached hydrogen (secondary N) is 1. The Morgan fingerprint density at radius 3 is 2.53 bits per heavy atom. The maximum atomic E-state index is 12.4. The van der Waals surface area contributed by atoms with Gasteiger partial charge in [-0.05, 0) is 6.54 Å². The number of nitrogens with zero attached hydrogens (tertiary/aromatic N) is 4. The van der Waals surface area contributed by atoms with Crippen LogP contribution in [0.3, 0.4) is 0 Å². The van der Waals surface area contributed by atoms with Crippen LogP contribution in [0, 0.1) is 0 Å². The average Bonchev–Trinajstić information content (AvgIpc) is 2.86. The van der Waals surface area contributed by atoms with E-state index in [1.807, 2.05) is 6.92 Å². The van der Waals surface area contributed by atoms with Gasteiger partial charge < -0.3 is 5.32 Å². The van der Waals surface area contributed by atoms with Crippen molar-refractivity contribution in [3.63, 3.8) is 0 Å². The molecule has 2 rings (SSSR count). The highest BCUT2D eigenvalue weighted by Crippen LogP contribution is 2.28. The third-order valence-corrected chi connectivity index (χ3v) is 2.39. The fourth-order valence-electron chi connectivity index (χ4n) is 1.41. The normalized spacial score (nSPS) is 11.8. The Labute approximate surface area is 107 Å². The number of hydrogen-bond donors (Lipinski definition) is 1. The van der Waals surface area contributed by atoms with E-state index < -0.39 is 11.7 Å². The first kappa shape index (κ1) is 13.5. The average molecular weight is 271 g/mol. The minimum absolute atomic E-state index is 0.246. The molecule has 0 fully saturated rings. The van der Waals surface area contributed by atoms with Crippen molar-refractivity contribution < 1.29 is 13.2 Å². The molecule has 102 valence electrons. The van der Waals surface area contributed by atoms with E-state index in [1.165, 1.54) is 12.4 Å². The predicted octanol–water partition coefficient (Wildman–Crippen LogP) is 1.79. The topological polar surface area (TPSA) is 55.6 Å². The van der Waals surface area contributed by atoms with Gasteiger partial charge in [0.25, 0.3) is 0 Å². The van der Waals surface area contributed by atoms with Gasteiger partial charge in [0.2, 0.25) is 0 Å². The molecule has 2 aromatic rings. The summed E-state index contributed by atoms with van der Waals surface area (Å²) in [6.07, 6.45) is 0.131. The molecule has 0 aliphatic rings. The van der Waals surface area contributed by atoms with Crippen LogP contribution < -0.4 is 5.32 Å². The molecule has 0 saturated carbocycles. The molecule has 0 unspecified atom stereocenters. The first-order valence-corrected chi connectivity index (χ1v) is 5.64. The van der Waals surface area contributed by atoms with Gasteiger partial charge in [0.15, 0.2) is 5.82 Å². The monoisotopic (exact) mass is 271 g/mol. The molecule has 0 aromatic carbocycles. The van der Waals surface area contributed by atoms with Crippen molar-refractivity contribution in [2.24, 2.45) is 0 Å². The Bertz CT molecular complexity index is 532. The molecule has 5 nitrogen and oxygen atoms in total. The van der Waals surface area contributed by atoms with Crippen LogP contribution >= 0.6 is 0 Å². The van der Waals surface area contributed by atoms with Gasteiger partial charge in [-0.25, -0.2) is 9.67 Å². The molecule has 1 N–H and O–H groups in total. The quantitative estimate of drug-likeness (QED) is 0.921. The van der Waals surface area contributed by atoms with E-state index in [9.17, 15) is 13.2 Å². The van der Waals surface area contributed by atoms with E-state index in [2.05, 4.69) is 20.4 Å². The SMILES string of the molecule is CCNCc1cnc(-n2cc(C(F)(F)F)cn2)cn1. The van der Waals surface area contributed by atoms with E-state index in [0.717, 1.165) is 23.6 Å². The van der Waals surface area contributed by atoms with E-state index in [-0.39, 0.29) is 5.82 Å². The molecule has 19 heavy (non-hydrogen) atoms. The van der Waals surface area contributed by atoms with Gasteiger partial charge in [0, 0.05) is 12.7 Å². The van der Waals surface area contributed by atoms with Crippen molar-refractivity contribution in [1.29, 1.82) is 0 Å². The van der Waals surface area contributed by atoms with Crippen molar-refractivity contribution in [3.8, 4) is 5.82 Å². The molecule has 0 bridgehead atoms. The second-order valence-electron chi connectivity index (χ2n) is 3.82. The summed E-state index contributed by atoms with van der Waals surface area (Å²) in [5, 5.41) is 6.70. The highest BCUT2D eigenvalue weighted by molar-refractivity contribution is 5.21. The van der Waals surface area contributed by atoms with Crippen molar-refractivity contribution in [3.05, 3.63) is 36.0 Å². The molecule has 0 saturated heterocycles. The first-order valence-electron chi connectivity index (χ1n) is 5.64. The number of halogens is 3. The van der Waals surface area contributed by atoms with E-state index in [1.54, 1.807) is 0 Å². The lowest BCUT2D eigenvalue weighted by Crippen LogP contribution is -2.13. The highest BCUT2D eigenvalue weighted by atomic mass is 19.4. The van der Waals surface area contributed by atoms with Crippen molar-refractivity contribution in [1.82, 2.24) is 25.1 Å². The smallest absolute Gasteiger partial charge is 0.311 e. The lowest BCUT2D eigenvalue weighted by atomic mass is 10.4. The summed E-state index contributed by atoms with van der Waals surface area (Å²) in [6.45, 7) is 3.33. The van der Waals surface area contributed by atoms with Crippen molar-refractivity contribution in [2.45, 2.75) is 19.6 Å². The molecular weight excluding hydrogens is 259 g/mol. The summed E-state index contributed by atoms with van der Waals surface area (Å²) in [6, 6.07) is 0. The van der Waals surface area contributed by atoms with Crippen LogP contribution in [-0.2, 0) is 12.7 Å². The lowest BCUT2D eigenvalue weighted by Gasteiger charge is -2.03. The predicted molar refractivity (Wildman–Crippen MR) is 61.5 cm³/mol. The lowest BCUT2D eigenvalue weighted by molar-refractivity contribution is -0.137. The molecule has 2 heterocycles. The molecule has 0 aliphatic heterocycles. The molecule has 2 aromatic heterocycles. The number of hydrogen-bond acceptors (Lipinski definition) is 4. The van der Waals surface area contributed by atoms with E-state index >= 15 is 0 Å². The zero-order chi connectivity index (χ0) is 13.9. The van der Waals surface area contributed by atoms with Crippen LogP contribution in [0.5, 0.6) is 0 Å². The van der Waals surface area contributed by atoms with Crippen LogP contribution in [0.4, 0.5) is 13.2 Å². The fraction of sp³-hybridized carbons (Fsp3) is 0.364. The van der Waals surface area contributed by atoms with Gasteiger partial charge in [-0.1, -0.05) is 6.92 Å². The first-order chi connectivity index (χ1) is 9.00. The minimum atomic E-state index is -4.41. The van der Waals surface area contributed by atoms with Crippen LogP contribution in [0.2, 0.25) is 0 Å².